The van der Waals surface area contributed by atoms with Gasteiger partial charge in [-0.2, -0.15) is 0 Å². The molecule has 6 nitrogen and oxygen atoms in total. The van der Waals surface area contributed by atoms with Crippen LogP contribution in [0.25, 0.3) is 10.2 Å². The third-order valence-corrected chi connectivity index (χ3v) is 5.39. The highest BCUT2D eigenvalue weighted by Crippen LogP contribution is 2.45. The average Bonchev–Trinajstić information content (AvgIpc) is 3.06. The summed E-state index contributed by atoms with van der Waals surface area (Å²) in [6, 6.07) is 3.51. The number of benzene rings is 2. The van der Waals surface area contributed by atoms with Crippen LogP contribution in [0.1, 0.15) is 13.3 Å². The molecule has 2 heterocycles. The molecule has 0 aliphatic carbocycles. The predicted octanol–water partition coefficient (Wildman–Crippen LogP) is 4.14. The number of amides is 1. The van der Waals surface area contributed by atoms with E-state index in [9.17, 15) is 27.2 Å². The number of fused-ring (bicyclic) bond motifs is 2. The number of carbonyl (C=O) groups is 2. The third kappa shape index (κ3) is 2.97. The molecule has 1 aromatic heterocycles. The van der Waals surface area contributed by atoms with Gasteiger partial charge in [-0.1, -0.05) is 11.3 Å². The number of ether oxygens (including phenoxy) is 1. The second-order valence-corrected chi connectivity index (χ2v) is 7.46. The monoisotopic (exact) mass is 426 g/mol. The van der Waals surface area contributed by atoms with Gasteiger partial charge >= 0.3 is 5.97 Å². The van der Waals surface area contributed by atoms with E-state index < -0.39 is 52.7 Å². The van der Waals surface area contributed by atoms with Gasteiger partial charge in [0.15, 0.2) is 22.4 Å². The molecule has 0 saturated carbocycles. The van der Waals surface area contributed by atoms with Crippen molar-refractivity contribution < 1.29 is 37.0 Å². The number of hydrogen-bond acceptors (Lipinski definition) is 5. The molecule has 11 heteroatoms. The molecule has 0 spiro atoms. The van der Waals surface area contributed by atoms with Gasteiger partial charge in [0.25, 0.3) is 5.91 Å². The van der Waals surface area contributed by atoms with Crippen LogP contribution in [0.5, 0.6) is 5.75 Å². The van der Waals surface area contributed by atoms with Crippen molar-refractivity contribution >= 4 is 44.2 Å². The molecule has 1 unspecified atom stereocenters. The van der Waals surface area contributed by atoms with Crippen LogP contribution >= 0.6 is 11.3 Å². The Hall–Kier alpha value is -3.21. The molecule has 0 radical (unpaired) electrons. The van der Waals surface area contributed by atoms with E-state index in [1.165, 1.54) is 13.0 Å². The first-order valence-electron chi connectivity index (χ1n) is 8.09. The molecule has 0 bridgehead atoms. The maximum atomic E-state index is 14.1. The molecule has 1 aliphatic heterocycles. The van der Waals surface area contributed by atoms with Crippen LogP contribution in [0.3, 0.4) is 0 Å². The van der Waals surface area contributed by atoms with Crippen LogP contribution in [0, 0.1) is 23.3 Å². The van der Waals surface area contributed by atoms with Gasteiger partial charge in [0.05, 0.1) is 16.8 Å². The second-order valence-electron chi connectivity index (χ2n) is 6.48. The van der Waals surface area contributed by atoms with Gasteiger partial charge in [-0.3, -0.25) is 9.59 Å². The largest absolute Gasteiger partial charge is 0.481 e. The van der Waals surface area contributed by atoms with E-state index in [4.69, 9.17) is 9.84 Å². The lowest BCUT2D eigenvalue weighted by molar-refractivity contribution is -0.148. The maximum Gasteiger partial charge on any atom is 0.307 e. The van der Waals surface area contributed by atoms with Crippen molar-refractivity contribution in [2.75, 3.05) is 4.90 Å². The molecule has 0 fully saturated rings. The lowest BCUT2D eigenvalue weighted by Crippen LogP contribution is -2.53. The van der Waals surface area contributed by atoms with Gasteiger partial charge in [-0.15, -0.1) is 0 Å². The number of hydrogen-bond donors (Lipinski definition) is 1. The van der Waals surface area contributed by atoms with E-state index >= 15 is 0 Å². The number of aromatic nitrogens is 1. The second kappa shape index (κ2) is 6.41. The first kappa shape index (κ1) is 19.1. The fraction of sp³-hybridized carbons (Fsp3) is 0.167. The smallest absolute Gasteiger partial charge is 0.307 e. The fourth-order valence-corrected chi connectivity index (χ4v) is 4.03. The Bertz CT molecular complexity index is 1200. The first-order chi connectivity index (χ1) is 13.6. The highest BCUT2D eigenvalue weighted by molar-refractivity contribution is 7.22. The van der Waals surface area contributed by atoms with E-state index in [0.29, 0.717) is 17.4 Å². The summed E-state index contributed by atoms with van der Waals surface area (Å²) in [5, 5.41) is 8.90. The van der Waals surface area contributed by atoms with Crippen molar-refractivity contribution in [1.82, 2.24) is 4.98 Å². The number of carboxylic acid groups (broad SMARTS) is 1. The first-order valence-corrected chi connectivity index (χ1v) is 8.91. The Kier molecular flexibility index (Phi) is 4.23. The van der Waals surface area contributed by atoms with Crippen molar-refractivity contribution in [3.8, 4) is 5.75 Å². The van der Waals surface area contributed by atoms with E-state index in [0.717, 1.165) is 17.0 Å². The van der Waals surface area contributed by atoms with Gasteiger partial charge in [0.2, 0.25) is 0 Å². The number of carboxylic acids is 1. The van der Waals surface area contributed by atoms with Crippen LogP contribution in [-0.4, -0.2) is 27.6 Å². The van der Waals surface area contributed by atoms with Crippen molar-refractivity contribution in [3.63, 3.8) is 0 Å². The van der Waals surface area contributed by atoms with E-state index in [1.807, 2.05) is 0 Å². The number of aliphatic carboxylic acids is 1. The Morgan fingerprint density at radius 2 is 1.97 bits per heavy atom. The van der Waals surface area contributed by atoms with Gasteiger partial charge in [-0.25, -0.2) is 27.4 Å². The highest BCUT2D eigenvalue weighted by atomic mass is 32.1. The molecule has 1 amide bonds. The molecule has 3 aromatic rings. The predicted molar refractivity (Wildman–Crippen MR) is 94.3 cm³/mol. The van der Waals surface area contributed by atoms with Crippen molar-refractivity contribution in [2.45, 2.75) is 18.9 Å². The Labute approximate surface area is 164 Å². The lowest BCUT2D eigenvalue weighted by atomic mass is 9.97. The Morgan fingerprint density at radius 3 is 2.66 bits per heavy atom. The summed E-state index contributed by atoms with van der Waals surface area (Å²) in [6.45, 7) is 1.19. The molecule has 1 aliphatic rings. The summed E-state index contributed by atoms with van der Waals surface area (Å²) in [5.41, 5.74) is -2.56. The standard InChI is InChI=1S/C18H10F4N2O4S/c1-18(6-12(25)26)16(27)24(10-3-2-7(19)4-11(10)28-18)17-23-14-13(22)8(20)5-9(21)15(14)29-17/h2-5H,6H2,1H3,(H,25,26). The van der Waals surface area contributed by atoms with Crippen LogP contribution < -0.4 is 9.64 Å². The minimum Gasteiger partial charge on any atom is -0.481 e. The van der Waals surface area contributed by atoms with Crippen molar-refractivity contribution in [1.29, 1.82) is 0 Å². The van der Waals surface area contributed by atoms with Gasteiger partial charge in [0.1, 0.15) is 22.9 Å². The fourth-order valence-electron chi connectivity index (χ4n) is 3.05. The van der Waals surface area contributed by atoms with Crippen LogP contribution in [0.15, 0.2) is 24.3 Å². The number of nitrogens with zero attached hydrogens (tertiary/aromatic N) is 2. The molecular weight excluding hydrogens is 416 g/mol. The number of halogens is 4. The molecule has 150 valence electrons. The minimum absolute atomic E-state index is 0.000363. The zero-order valence-electron chi connectivity index (χ0n) is 14.5. The maximum absolute atomic E-state index is 14.1. The third-order valence-electron chi connectivity index (χ3n) is 4.34. The summed E-state index contributed by atoms with van der Waals surface area (Å²) < 4.78 is 60.5. The summed E-state index contributed by atoms with van der Waals surface area (Å²) in [5.74, 6) is -7.02. The summed E-state index contributed by atoms with van der Waals surface area (Å²) in [4.78, 5) is 29.1. The normalized spacial score (nSPS) is 18.7. The zero-order valence-corrected chi connectivity index (χ0v) is 15.3. The Balaban J connectivity index is 1.95. The lowest BCUT2D eigenvalue weighted by Gasteiger charge is -2.38. The highest BCUT2D eigenvalue weighted by Gasteiger charge is 2.48. The Morgan fingerprint density at radius 1 is 1.24 bits per heavy atom. The molecule has 1 N–H and O–H groups in total. The van der Waals surface area contributed by atoms with Gasteiger partial charge in [-0.05, 0) is 19.1 Å². The topological polar surface area (TPSA) is 79.7 Å². The molecule has 4 rings (SSSR count). The molecule has 2 aromatic carbocycles. The van der Waals surface area contributed by atoms with Crippen molar-refractivity contribution in [3.05, 3.63) is 47.5 Å². The summed E-state index contributed by atoms with van der Waals surface area (Å²) in [7, 11) is 0. The minimum atomic E-state index is -1.94. The molecule has 0 saturated heterocycles. The molecular formula is C18H10F4N2O4S. The zero-order chi connectivity index (χ0) is 21.1. The van der Waals surface area contributed by atoms with Crippen LogP contribution in [0.4, 0.5) is 28.4 Å². The van der Waals surface area contributed by atoms with Gasteiger partial charge in [0, 0.05) is 12.1 Å². The number of anilines is 2. The SMILES string of the molecule is CC1(CC(=O)O)Oc2cc(F)ccc2N(c2nc3c(F)c(F)cc(F)c3s2)C1=O. The van der Waals surface area contributed by atoms with E-state index in [1.54, 1.807) is 0 Å². The van der Waals surface area contributed by atoms with E-state index in [-0.39, 0.29) is 21.3 Å². The summed E-state index contributed by atoms with van der Waals surface area (Å²) >= 11 is 0.560. The molecule has 29 heavy (non-hydrogen) atoms. The molecule has 1 atom stereocenters. The van der Waals surface area contributed by atoms with Crippen LogP contribution in [-0.2, 0) is 9.59 Å². The summed E-state index contributed by atoms with van der Waals surface area (Å²) in [6.07, 6.45) is -0.763. The van der Waals surface area contributed by atoms with Crippen LogP contribution in [0.2, 0.25) is 0 Å². The quantitative estimate of drug-likeness (QED) is 0.503. The van der Waals surface area contributed by atoms with Crippen molar-refractivity contribution in [2.24, 2.45) is 0 Å². The average molecular weight is 426 g/mol. The van der Waals surface area contributed by atoms with Gasteiger partial charge < -0.3 is 9.84 Å². The number of thiazole rings is 1. The van der Waals surface area contributed by atoms with E-state index in [2.05, 4.69) is 4.98 Å². The number of carbonyl (C=O) groups excluding carboxylic acids is 1. The number of rotatable bonds is 3.